The fourth-order valence-electron chi connectivity index (χ4n) is 5.05. The number of anilines is 5. The molecule has 42 heavy (non-hydrogen) atoms. The Morgan fingerprint density at radius 1 is 0.857 bits per heavy atom. The Morgan fingerprint density at radius 3 is 2.24 bits per heavy atom. The Balaban J connectivity index is 1.09. The van der Waals surface area contributed by atoms with Crippen LogP contribution in [0.2, 0.25) is 0 Å². The van der Waals surface area contributed by atoms with E-state index >= 15 is 0 Å². The number of H-pyrrole nitrogens is 1. The zero-order chi connectivity index (χ0) is 28.9. The summed E-state index contributed by atoms with van der Waals surface area (Å²) in [4.78, 5) is 46.7. The molecule has 0 aliphatic carbocycles. The Labute approximate surface area is 243 Å². The van der Waals surface area contributed by atoms with Crippen molar-refractivity contribution in [1.29, 1.82) is 0 Å². The predicted octanol–water partition coefficient (Wildman–Crippen LogP) is 5.26. The molecule has 3 heterocycles. The van der Waals surface area contributed by atoms with E-state index in [1.54, 1.807) is 24.2 Å². The van der Waals surface area contributed by atoms with Gasteiger partial charge in [0.05, 0.1) is 18.2 Å². The molecule has 0 atom stereocenters. The third-order valence-corrected chi connectivity index (χ3v) is 7.19. The van der Waals surface area contributed by atoms with Crippen LogP contribution in [0.15, 0.2) is 104 Å². The zero-order valence-electron chi connectivity index (χ0n) is 23.1. The maximum atomic E-state index is 12.6. The minimum atomic E-state index is -0.0591. The molecular formula is C32H30N8O2. The molecule has 0 spiro atoms. The van der Waals surface area contributed by atoms with E-state index in [1.165, 1.54) is 6.33 Å². The van der Waals surface area contributed by atoms with Crippen LogP contribution in [-0.2, 0) is 4.79 Å². The number of hydrogen-bond donors (Lipinski definition) is 2. The van der Waals surface area contributed by atoms with Crippen molar-refractivity contribution in [2.75, 3.05) is 41.3 Å². The van der Waals surface area contributed by atoms with Crippen LogP contribution < -0.4 is 15.1 Å². The molecule has 6 rings (SSSR count). The lowest BCUT2D eigenvalue weighted by Crippen LogP contribution is -2.48. The number of piperazine rings is 1. The monoisotopic (exact) mass is 558 g/mol. The summed E-state index contributed by atoms with van der Waals surface area (Å²) in [7, 11) is 0. The van der Waals surface area contributed by atoms with Crippen LogP contribution >= 0.6 is 0 Å². The van der Waals surface area contributed by atoms with E-state index in [4.69, 9.17) is 4.98 Å². The van der Waals surface area contributed by atoms with Gasteiger partial charge in [0, 0.05) is 67.6 Å². The van der Waals surface area contributed by atoms with Crippen molar-refractivity contribution >= 4 is 40.5 Å². The number of rotatable bonds is 7. The normalized spacial score (nSPS) is 13.1. The van der Waals surface area contributed by atoms with Crippen LogP contribution in [0.1, 0.15) is 17.4 Å². The minimum Gasteiger partial charge on any atom is -0.368 e. The third kappa shape index (κ3) is 5.83. The first-order chi connectivity index (χ1) is 20.5. The van der Waals surface area contributed by atoms with E-state index in [0.717, 1.165) is 47.1 Å². The number of carbonyl (C=O) groups excluding carboxylic acids is 2. The van der Waals surface area contributed by atoms with Gasteiger partial charge in [-0.05, 0) is 54.6 Å². The Hall–Kier alpha value is -5.51. The number of benzene rings is 3. The predicted molar refractivity (Wildman–Crippen MR) is 163 cm³/mol. The van der Waals surface area contributed by atoms with E-state index in [1.807, 2.05) is 77.7 Å². The number of imidazole rings is 1. The zero-order valence-corrected chi connectivity index (χ0v) is 23.1. The topological polar surface area (TPSA) is 110 Å². The number of carbonyl (C=O) groups is 2. The van der Waals surface area contributed by atoms with Crippen LogP contribution in [0, 0.1) is 0 Å². The summed E-state index contributed by atoms with van der Waals surface area (Å²) in [6.07, 6.45) is 4.81. The van der Waals surface area contributed by atoms with Crippen LogP contribution in [-0.4, -0.2) is 62.8 Å². The molecular weight excluding hydrogens is 528 g/mol. The number of para-hydroxylation sites is 1. The van der Waals surface area contributed by atoms with E-state index in [-0.39, 0.29) is 11.8 Å². The lowest BCUT2D eigenvalue weighted by atomic mass is 10.1. The Bertz CT molecular complexity index is 1650. The number of amides is 2. The summed E-state index contributed by atoms with van der Waals surface area (Å²) in [5.41, 5.74) is 5.78. The molecule has 2 aromatic heterocycles. The van der Waals surface area contributed by atoms with Crippen molar-refractivity contribution in [2.45, 2.75) is 6.92 Å². The van der Waals surface area contributed by atoms with E-state index < -0.39 is 0 Å². The van der Waals surface area contributed by atoms with Gasteiger partial charge in [0.25, 0.3) is 5.91 Å². The molecule has 1 aliphatic rings. The molecule has 1 fully saturated rings. The highest BCUT2D eigenvalue weighted by molar-refractivity contribution is 5.99. The maximum absolute atomic E-state index is 12.6. The fraction of sp³-hybridized carbons (Fsp3) is 0.156. The summed E-state index contributed by atoms with van der Waals surface area (Å²) >= 11 is 0. The molecule has 0 bridgehead atoms. The highest BCUT2D eigenvalue weighted by Gasteiger charge is 2.23. The number of hydrogen-bond acceptors (Lipinski definition) is 7. The van der Waals surface area contributed by atoms with Gasteiger partial charge in [0.2, 0.25) is 11.9 Å². The quantitative estimate of drug-likeness (QED) is 0.280. The average Bonchev–Trinajstić information content (AvgIpc) is 3.58. The molecule has 1 aliphatic heterocycles. The van der Waals surface area contributed by atoms with Crippen molar-refractivity contribution in [1.82, 2.24) is 24.8 Å². The number of nitrogens with one attached hydrogen (secondary N) is 2. The SMILES string of the molecule is CC(=O)N(c1ccccc1)c1ccc(-c2ccnc(Nc3ccc(N4CCN(C(=O)c5cnc[nH]5)CC4)cc3)n2)cc1. The summed E-state index contributed by atoms with van der Waals surface area (Å²) in [6.45, 7) is 4.37. The molecule has 0 saturated carbocycles. The molecule has 1 saturated heterocycles. The lowest BCUT2D eigenvalue weighted by molar-refractivity contribution is -0.115. The van der Waals surface area contributed by atoms with E-state index in [9.17, 15) is 9.59 Å². The van der Waals surface area contributed by atoms with Gasteiger partial charge in [-0.1, -0.05) is 30.3 Å². The minimum absolute atomic E-state index is 0.0184. The summed E-state index contributed by atoms with van der Waals surface area (Å²) in [5.74, 6) is 0.413. The van der Waals surface area contributed by atoms with E-state index in [2.05, 4.69) is 37.3 Å². The summed E-state index contributed by atoms with van der Waals surface area (Å²) < 4.78 is 0. The second-order valence-electron chi connectivity index (χ2n) is 9.92. The molecule has 2 amide bonds. The van der Waals surface area contributed by atoms with Gasteiger partial charge in [-0.2, -0.15) is 0 Å². The molecule has 5 aromatic rings. The first-order valence-corrected chi connectivity index (χ1v) is 13.7. The second kappa shape index (κ2) is 11.9. The molecule has 10 nitrogen and oxygen atoms in total. The molecule has 0 unspecified atom stereocenters. The van der Waals surface area contributed by atoms with Crippen molar-refractivity contribution in [3.05, 3.63) is 109 Å². The maximum Gasteiger partial charge on any atom is 0.272 e. The molecule has 0 radical (unpaired) electrons. The summed E-state index contributed by atoms with van der Waals surface area (Å²) in [6, 6.07) is 27.3. The van der Waals surface area contributed by atoms with Gasteiger partial charge in [-0.3, -0.25) is 14.5 Å². The van der Waals surface area contributed by atoms with Gasteiger partial charge in [-0.15, -0.1) is 0 Å². The smallest absolute Gasteiger partial charge is 0.272 e. The van der Waals surface area contributed by atoms with Crippen molar-refractivity contribution < 1.29 is 9.59 Å². The van der Waals surface area contributed by atoms with Gasteiger partial charge in [0.15, 0.2) is 0 Å². The molecule has 210 valence electrons. The first-order valence-electron chi connectivity index (χ1n) is 13.7. The van der Waals surface area contributed by atoms with Crippen molar-refractivity contribution in [2.24, 2.45) is 0 Å². The van der Waals surface area contributed by atoms with Gasteiger partial charge < -0.3 is 20.1 Å². The molecule has 2 N–H and O–H groups in total. The van der Waals surface area contributed by atoms with Crippen LogP contribution in [0.25, 0.3) is 11.3 Å². The van der Waals surface area contributed by atoms with Gasteiger partial charge in [-0.25, -0.2) is 15.0 Å². The largest absolute Gasteiger partial charge is 0.368 e. The lowest BCUT2D eigenvalue weighted by Gasteiger charge is -2.36. The Kier molecular flexibility index (Phi) is 7.58. The average molecular weight is 559 g/mol. The third-order valence-electron chi connectivity index (χ3n) is 7.19. The van der Waals surface area contributed by atoms with E-state index in [0.29, 0.717) is 24.7 Å². The Morgan fingerprint density at radius 2 is 1.57 bits per heavy atom. The first kappa shape index (κ1) is 26.7. The highest BCUT2D eigenvalue weighted by atomic mass is 16.2. The van der Waals surface area contributed by atoms with Crippen molar-refractivity contribution in [3.8, 4) is 11.3 Å². The second-order valence-corrected chi connectivity index (χ2v) is 9.92. The summed E-state index contributed by atoms with van der Waals surface area (Å²) in [5, 5.41) is 3.29. The molecule has 10 heteroatoms. The molecule has 3 aromatic carbocycles. The van der Waals surface area contributed by atoms with Crippen LogP contribution in [0.4, 0.5) is 28.7 Å². The van der Waals surface area contributed by atoms with Crippen LogP contribution in [0.3, 0.4) is 0 Å². The number of nitrogens with zero attached hydrogens (tertiary/aromatic N) is 6. The highest BCUT2D eigenvalue weighted by Crippen LogP contribution is 2.28. The number of aromatic amines is 1. The standard InChI is InChI=1S/C32H30N8O2/c1-23(41)40(27-5-3-2-4-6-27)28-11-7-24(8-12-28)29-15-16-34-32(37-29)36-25-9-13-26(14-10-25)38-17-19-39(20-18-38)31(42)30-21-33-22-35-30/h2-16,21-22H,17-20H2,1H3,(H,33,35)(H,34,36,37). The van der Waals surface area contributed by atoms with Gasteiger partial charge in [0.1, 0.15) is 5.69 Å². The van der Waals surface area contributed by atoms with Crippen LogP contribution in [0.5, 0.6) is 0 Å². The van der Waals surface area contributed by atoms with Gasteiger partial charge >= 0.3 is 0 Å². The fourth-order valence-corrected chi connectivity index (χ4v) is 5.05. The number of aromatic nitrogens is 4. The van der Waals surface area contributed by atoms with Crippen molar-refractivity contribution in [3.63, 3.8) is 0 Å².